The lowest BCUT2D eigenvalue weighted by molar-refractivity contribution is -0.132. The van der Waals surface area contributed by atoms with E-state index in [1.54, 1.807) is 24.1 Å². The molecular formula is C15H21N3O3. The first kappa shape index (κ1) is 15.3. The van der Waals surface area contributed by atoms with E-state index in [-0.39, 0.29) is 11.8 Å². The van der Waals surface area contributed by atoms with Crippen LogP contribution in [0.3, 0.4) is 0 Å². The van der Waals surface area contributed by atoms with Crippen molar-refractivity contribution in [1.82, 2.24) is 15.2 Å². The summed E-state index contributed by atoms with van der Waals surface area (Å²) in [6, 6.07) is 3.36. The fourth-order valence-corrected chi connectivity index (χ4v) is 2.71. The Balaban J connectivity index is 2.13. The summed E-state index contributed by atoms with van der Waals surface area (Å²) in [6.07, 6.45) is 3.11. The maximum absolute atomic E-state index is 12.5. The van der Waals surface area contributed by atoms with Gasteiger partial charge in [-0.3, -0.25) is 9.59 Å². The van der Waals surface area contributed by atoms with E-state index < -0.39 is 5.41 Å². The standard InChI is InChI=1S/C15H21N3O3/c1-15(14(20)16-2)7-4-8-18(10-15)13(19)11-5-6-12(21-3)17-9-11/h5-6,9H,4,7-8,10H2,1-3H3,(H,16,20)/t15-/m1/s1. The molecule has 2 heterocycles. The summed E-state index contributed by atoms with van der Waals surface area (Å²) in [6.45, 7) is 2.99. The summed E-state index contributed by atoms with van der Waals surface area (Å²) in [4.78, 5) is 30.3. The van der Waals surface area contributed by atoms with E-state index in [9.17, 15) is 9.59 Å². The number of aromatic nitrogens is 1. The number of carbonyl (C=O) groups excluding carboxylic acids is 2. The first-order valence-electron chi connectivity index (χ1n) is 7.01. The number of rotatable bonds is 3. The topological polar surface area (TPSA) is 71.5 Å². The van der Waals surface area contributed by atoms with Crippen LogP contribution < -0.4 is 10.1 Å². The van der Waals surface area contributed by atoms with Crippen LogP contribution in [0.1, 0.15) is 30.1 Å². The highest BCUT2D eigenvalue weighted by atomic mass is 16.5. The molecule has 0 aromatic carbocycles. The number of methoxy groups -OCH3 is 1. The minimum Gasteiger partial charge on any atom is -0.481 e. The monoisotopic (exact) mass is 291 g/mol. The Morgan fingerprint density at radius 3 is 2.76 bits per heavy atom. The molecular weight excluding hydrogens is 270 g/mol. The number of likely N-dealkylation sites (tertiary alicyclic amines) is 1. The lowest BCUT2D eigenvalue weighted by atomic mass is 9.81. The third-order valence-electron chi connectivity index (χ3n) is 3.95. The van der Waals surface area contributed by atoms with Gasteiger partial charge in [-0.15, -0.1) is 0 Å². The van der Waals surface area contributed by atoms with Gasteiger partial charge < -0.3 is 15.0 Å². The molecule has 114 valence electrons. The van der Waals surface area contributed by atoms with Crippen LogP contribution in [0, 0.1) is 5.41 Å². The van der Waals surface area contributed by atoms with Gasteiger partial charge in [0.1, 0.15) is 0 Å². The van der Waals surface area contributed by atoms with E-state index in [0.29, 0.717) is 24.5 Å². The van der Waals surface area contributed by atoms with E-state index in [0.717, 1.165) is 12.8 Å². The van der Waals surface area contributed by atoms with Crippen molar-refractivity contribution in [3.05, 3.63) is 23.9 Å². The molecule has 1 N–H and O–H groups in total. The summed E-state index contributed by atoms with van der Waals surface area (Å²) in [5.74, 6) is 0.355. The second kappa shape index (κ2) is 6.11. The van der Waals surface area contributed by atoms with Crippen LogP contribution in [0.4, 0.5) is 0 Å². The van der Waals surface area contributed by atoms with Crippen LogP contribution in [-0.2, 0) is 4.79 Å². The lowest BCUT2D eigenvalue weighted by Crippen LogP contribution is -2.51. The predicted molar refractivity (Wildman–Crippen MR) is 78.1 cm³/mol. The minimum absolute atomic E-state index is 0.0205. The highest BCUT2D eigenvalue weighted by Gasteiger charge is 2.38. The predicted octanol–water partition coefficient (Wildman–Crippen LogP) is 1.08. The molecule has 1 aliphatic heterocycles. The van der Waals surface area contributed by atoms with E-state index in [1.165, 1.54) is 13.3 Å². The maximum atomic E-state index is 12.5. The van der Waals surface area contributed by atoms with Gasteiger partial charge in [-0.1, -0.05) is 0 Å². The molecule has 1 saturated heterocycles. The smallest absolute Gasteiger partial charge is 0.255 e. The third-order valence-corrected chi connectivity index (χ3v) is 3.95. The SMILES string of the molecule is CNC(=O)[C@]1(C)CCCN(C(=O)c2ccc(OC)nc2)C1. The number of carbonyl (C=O) groups is 2. The Labute approximate surface area is 124 Å². The summed E-state index contributed by atoms with van der Waals surface area (Å²) < 4.78 is 4.98. The van der Waals surface area contributed by atoms with Crippen molar-refractivity contribution in [2.24, 2.45) is 5.41 Å². The van der Waals surface area contributed by atoms with Crippen molar-refractivity contribution < 1.29 is 14.3 Å². The zero-order valence-corrected chi connectivity index (χ0v) is 12.7. The first-order chi connectivity index (χ1) is 10.00. The molecule has 6 nitrogen and oxygen atoms in total. The fraction of sp³-hybridized carbons (Fsp3) is 0.533. The van der Waals surface area contributed by atoms with Crippen LogP contribution in [-0.4, -0.2) is 48.9 Å². The second-order valence-corrected chi connectivity index (χ2v) is 5.56. The number of amides is 2. The Morgan fingerprint density at radius 1 is 1.43 bits per heavy atom. The van der Waals surface area contributed by atoms with Crippen molar-refractivity contribution in [1.29, 1.82) is 0 Å². The molecule has 2 rings (SSSR count). The number of piperidine rings is 1. The highest BCUT2D eigenvalue weighted by Crippen LogP contribution is 2.30. The minimum atomic E-state index is -0.525. The number of hydrogen-bond acceptors (Lipinski definition) is 4. The van der Waals surface area contributed by atoms with Gasteiger partial charge in [0.2, 0.25) is 11.8 Å². The van der Waals surface area contributed by atoms with Gasteiger partial charge in [0.25, 0.3) is 5.91 Å². The molecule has 2 amide bonds. The zero-order valence-electron chi connectivity index (χ0n) is 12.7. The number of ether oxygens (including phenoxy) is 1. The van der Waals surface area contributed by atoms with Gasteiger partial charge in [0.05, 0.1) is 18.1 Å². The first-order valence-corrected chi connectivity index (χ1v) is 7.01. The van der Waals surface area contributed by atoms with Gasteiger partial charge >= 0.3 is 0 Å². The van der Waals surface area contributed by atoms with E-state index >= 15 is 0 Å². The Morgan fingerprint density at radius 2 is 2.19 bits per heavy atom. The zero-order chi connectivity index (χ0) is 15.5. The van der Waals surface area contributed by atoms with Gasteiger partial charge in [-0.2, -0.15) is 0 Å². The van der Waals surface area contributed by atoms with Crippen molar-refractivity contribution in [2.75, 3.05) is 27.2 Å². The van der Waals surface area contributed by atoms with Crippen LogP contribution >= 0.6 is 0 Å². The largest absolute Gasteiger partial charge is 0.481 e. The molecule has 1 aromatic heterocycles. The van der Waals surface area contributed by atoms with Crippen molar-refractivity contribution in [3.8, 4) is 5.88 Å². The lowest BCUT2D eigenvalue weighted by Gasteiger charge is -2.39. The van der Waals surface area contributed by atoms with Crippen molar-refractivity contribution in [3.63, 3.8) is 0 Å². The highest BCUT2D eigenvalue weighted by molar-refractivity contribution is 5.94. The molecule has 0 aliphatic carbocycles. The van der Waals surface area contributed by atoms with Gasteiger partial charge in [-0.05, 0) is 25.8 Å². The number of hydrogen-bond donors (Lipinski definition) is 1. The van der Waals surface area contributed by atoms with Crippen LogP contribution in [0.2, 0.25) is 0 Å². The van der Waals surface area contributed by atoms with Gasteiger partial charge in [-0.25, -0.2) is 4.98 Å². The van der Waals surface area contributed by atoms with Crippen molar-refractivity contribution in [2.45, 2.75) is 19.8 Å². The molecule has 6 heteroatoms. The third kappa shape index (κ3) is 3.15. The molecule has 1 aromatic rings. The molecule has 1 aliphatic rings. The van der Waals surface area contributed by atoms with Crippen LogP contribution in [0.25, 0.3) is 0 Å². The van der Waals surface area contributed by atoms with E-state index in [2.05, 4.69) is 10.3 Å². The quantitative estimate of drug-likeness (QED) is 0.904. The van der Waals surface area contributed by atoms with Crippen LogP contribution in [0.5, 0.6) is 5.88 Å². The molecule has 1 fully saturated rings. The fourth-order valence-electron chi connectivity index (χ4n) is 2.71. The Bertz CT molecular complexity index is 529. The number of pyridine rings is 1. The number of nitrogens with zero attached hydrogens (tertiary/aromatic N) is 2. The van der Waals surface area contributed by atoms with Gasteiger partial charge in [0.15, 0.2) is 0 Å². The summed E-state index contributed by atoms with van der Waals surface area (Å²) in [7, 11) is 3.16. The molecule has 1 atom stereocenters. The molecule has 0 saturated carbocycles. The Hall–Kier alpha value is -2.11. The summed E-state index contributed by atoms with van der Waals surface area (Å²) >= 11 is 0. The normalized spacial score (nSPS) is 21.8. The maximum Gasteiger partial charge on any atom is 0.255 e. The molecule has 0 bridgehead atoms. The average Bonchev–Trinajstić information content (AvgIpc) is 2.53. The van der Waals surface area contributed by atoms with Gasteiger partial charge in [0, 0.05) is 32.4 Å². The molecule has 21 heavy (non-hydrogen) atoms. The van der Waals surface area contributed by atoms with E-state index in [1.807, 2.05) is 6.92 Å². The summed E-state index contributed by atoms with van der Waals surface area (Å²) in [5.41, 5.74) is -0.0142. The average molecular weight is 291 g/mol. The van der Waals surface area contributed by atoms with E-state index in [4.69, 9.17) is 4.74 Å². The molecule has 0 unspecified atom stereocenters. The van der Waals surface area contributed by atoms with Crippen molar-refractivity contribution >= 4 is 11.8 Å². The van der Waals surface area contributed by atoms with Crippen LogP contribution in [0.15, 0.2) is 18.3 Å². The Kier molecular flexibility index (Phi) is 4.45. The summed E-state index contributed by atoms with van der Waals surface area (Å²) in [5, 5.41) is 2.68. The number of nitrogens with one attached hydrogen (secondary N) is 1. The molecule has 0 radical (unpaired) electrons. The second-order valence-electron chi connectivity index (χ2n) is 5.56. The molecule has 0 spiro atoms.